The number of anilines is 1. The van der Waals surface area contributed by atoms with E-state index in [2.05, 4.69) is 31.2 Å². The van der Waals surface area contributed by atoms with Gasteiger partial charge in [0, 0.05) is 17.6 Å². The minimum absolute atomic E-state index is 0.160. The second-order valence-corrected chi connectivity index (χ2v) is 5.09. The van der Waals surface area contributed by atoms with Crippen molar-refractivity contribution >= 4 is 21.9 Å². The SMILES string of the molecule is CNc1nc(Oc2cc(Br)ccc2C)cc(C(F)(F)F)n1. The maximum absolute atomic E-state index is 12.8. The number of aromatic nitrogens is 2. The molecule has 1 heterocycles. The molecule has 0 unspecified atom stereocenters. The molecule has 2 aromatic rings. The van der Waals surface area contributed by atoms with E-state index >= 15 is 0 Å². The Morgan fingerprint density at radius 3 is 2.52 bits per heavy atom. The summed E-state index contributed by atoms with van der Waals surface area (Å²) in [5, 5.41) is 2.48. The average molecular weight is 362 g/mol. The van der Waals surface area contributed by atoms with Gasteiger partial charge in [-0.1, -0.05) is 22.0 Å². The molecule has 0 aliphatic rings. The van der Waals surface area contributed by atoms with Crippen molar-refractivity contribution in [1.82, 2.24) is 9.97 Å². The first-order valence-electron chi connectivity index (χ1n) is 5.87. The van der Waals surface area contributed by atoms with Crippen LogP contribution >= 0.6 is 15.9 Å². The zero-order valence-electron chi connectivity index (χ0n) is 11.1. The summed E-state index contributed by atoms with van der Waals surface area (Å²) in [4.78, 5) is 7.24. The number of nitrogens with one attached hydrogen (secondary N) is 1. The van der Waals surface area contributed by atoms with Crippen LogP contribution in [-0.4, -0.2) is 17.0 Å². The third-order valence-electron chi connectivity index (χ3n) is 2.58. The molecule has 1 aromatic carbocycles. The molecule has 0 fully saturated rings. The Bertz CT molecular complexity index is 662. The van der Waals surface area contributed by atoms with Crippen LogP contribution in [0.1, 0.15) is 11.3 Å². The maximum atomic E-state index is 12.8. The maximum Gasteiger partial charge on any atom is 0.433 e. The lowest BCUT2D eigenvalue weighted by Crippen LogP contribution is -2.11. The molecular formula is C13H11BrF3N3O. The molecule has 0 aliphatic heterocycles. The van der Waals surface area contributed by atoms with Crippen LogP contribution in [0.15, 0.2) is 28.7 Å². The van der Waals surface area contributed by atoms with Crippen LogP contribution in [0.5, 0.6) is 11.6 Å². The van der Waals surface area contributed by atoms with Crippen LogP contribution in [0.4, 0.5) is 19.1 Å². The highest BCUT2D eigenvalue weighted by Gasteiger charge is 2.34. The fourth-order valence-corrected chi connectivity index (χ4v) is 1.87. The number of hydrogen-bond acceptors (Lipinski definition) is 4. The number of rotatable bonds is 3. The number of benzene rings is 1. The molecule has 112 valence electrons. The van der Waals surface area contributed by atoms with Crippen molar-refractivity contribution in [1.29, 1.82) is 0 Å². The molecule has 1 aromatic heterocycles. The second-order valence-electron chi connectivity index (χ2n) is 4.17. The molecule has 0 saturated heterocycles. The molecule has 2 rings (SSSR count). The molecule has 0 spiro atoms. The van der Waals surface area contributed by atoms with E-state index in [4.69, 9.17) is 4.74 Å². The number of hydrogen-bond donors (Lipinski definition) is 1. The topological polar surface area (TPSA) is 47.0 Å². The number of alkyl halides is 3. The van der Waals surface area contributed by atoms with E-state index < -0.39 is 11.9 Å². The van der Waals surface area contributed by atoms with Crippen molar-refractivity contribution in [2.45, 2.75) is 13.1 Å². The zero-order chi connectivity index (χ0) is 15.6. The molecule has 0 atom stereocenters. The predicted octanol–water partition coefficient (Wildman–Crippen LogP) is 4.40. The van der Waals surface area contributed by atoms with E-state index in [1.54, 1.807) is 19.1 Å². The third kappa shape index (κ3) is 3.84. The summed E-state index contributed by atoms with van der Waals surface area (Å²) in [6, 6.07) is 6.01. The van der Waals surface area contributed by atoms with Gasteiger partial charge in [0.15, 0.2) is 5.69 Å². The van der Waals surface area contributed by atoms with Gasteiger partial charge in [0.25, 0.3) is 0 Å². The Morgan fingerprint density at radius 2 is 1.90 bits per heavy atom. The van der Waals surface area contributed by atoms with Gasteiger partial charge in [-0.3, -0.25) is 0 Å². The number of nitrogens with zero attached hydrogens (tertiary/aromatic N) is 2. The van der Waals surface area contributed by atoms with Gasteiger partial charge < -0.3 is 10.1 Å². The van der Waals surface area contributed by atoms with Crippen molar-refractivity contribution in [3.8, 4) is 11.6 Å². The molecular weight excluding hydrogens is 351 g/mol. The van der Waals surface area contributed by atoms with Gasteiger partial charge >= 0.3 is 6.18 Å². The van der Waals surface area contributed by atoms with Crippen LogP contribution in [0, 0.1) is 6.92 Å². The highest BCUT2D eigenvalue weighted by Crippen LogP contribution is 2.33. The zero-order valence-corrected chi connectivity index (χ0v) is 12.7. The molecule has 0 bridgehead atoms. The number of halogens is 4. The average Bonchev–Trinajstić information content (AvgIpc) is 2.41. The van der Waals surface area contributed by atoms with Gasteiger partial charge in [0.05, 0.1) is 0 Å². The fourth-order valence-electron chi connectivity index (χ4n) is 1.53. The monoisotopic (exact) mass is 361 g/mol. The standard InChI is InChI=1S/C13H11BrF3N3O/c1-7-3-4-8(14)5-9(7)21-11-6-10(13(15,16)17)19-12(18-2)20-11/h3-6H,1-2H3,(H,18,19,20). The van der Waals surface area contributed by atoms with Gasteiger partial charge in [0.2, 0.25) is 11.8 Å². The highest BCUT2D eigenvalue weighted by molar-refractivity contribution is 9.10. The van der Waals surface area contributed by atoms with E-state index in [9.17, 15) is 13.2 Å². The van der Waals surface area contributed by atoms with Crippen molar-refractivity contribution in [3.63, 3.8) is 0 Å². The molecule has 1 N–H and O–H groups in total. The van der Waals surface area contributed by atoms with E-state index in [0.29, 0.717) is 5.75 Å². The first kappa shape index (κ1) is 15.6. The van der Waals surface area contributed by atoms with Gasteiger partial charge in [-0.2, -0.15) is 18.2 Å². The van der Waals surface area contributed by atoms with Crippen LogP contribution in [0.25, 0.3) is 0 Å². The van der Waals surface area contributed by atoms with E-state index in [0.717, 1.165) is 16.1 Å². The first-order valence-corrected chi connectivity index (χ1v) is 6.67. The normalized spacial score (nSPS) is 11.3. The first-order chi connectivity index (χ1) is 9.79. The van der Waals surface area contributed by atoms with E-state index in [1.165, 1.54) is 7.05 Å². The Balaban J connectivity index is 2.42. The van der Waals surface area contributed by atoms with Crippen LogP contribution in [0.2, 0.25) is 0 Å². The molecule has 0 saturated carbocycles. The van der Waals surface area contributed by atoms with E-state index in [1.807, 2.05) is 6.07 Å². The summed E-state index contributed by atoms with van der Waals surface area (Å²) in [5.41, 5.74) is -0.291. The lowest BCUT2D eigenvalue weighted by Gasteiger charge is -2.12. The highest BCUT2D eigenvalue weighted by atomic mass is 79.9. The lowest BCUT2D eigenvalue weighted by molar-refractivity contribution is -0.141. The predicted molar refractivity (Wildman–Crippen MR) is 75.5 cm³/mol. The quantitative estimate of drug-likeness (QED) is 0.879. The Labute approximate surface area is 127 Å². The van der Waals surface area contributed by atoms with E-state index in [-0.39, 0.29) is 11.8 Å². The lowest BCUT2D eigenvalue weighted by atomic mass is 10.2. The summed E-state index contributed by atoms with van der Waals surface area (Å²) in [6.07, 6.45) is -4.57. The minimum Gasteiger partial charge on any atom is -0.439 e. The van der Waals surface area contributed by atoms with Crippen molar-refractivity contribution in [2.75, 3.05) is 12.4 Å². The summed E-state index contributed by atoms with van der Waals surface area (Å²) >= 11 is 3.28. The Kier molecular flexibility index (Phi) is 4.36. The molecule has 0 radical (unpaired) electrons. The van der Waals surface area contributed by atoms with Gasteiger partial charge in [-0.25, -0.2) is 4.98 Å². The summed E-state index contributed by atoms with van der Waals surface area (Å²) in [6.45, 7) is 1.78. The largest absolute Gasteiger partial charge is 0.439 e. The molecule has 21 heavy (non-hydrogen) atoms. The minimum atomic E-state index is -4.57. The molecule has 0 amide bonds. The van der Waals surface area contributed by atoms with Crippen LogP contribution in [-0.2, 0) is 6.18 Å². The van der Waals surface area contributed by atoms with Crippen molar-refractivity contribution in [2.24, 2.45) is 0 Å². The fraction of sp³-hybridized carbons (Fsp3) is 0.231. The van der Waals surface area contributed by atoms with Crippen LogP contribution in [0.3, 0.4) is 0 Å². The van der Waals surface area contributed by atoms with Crippen molar-refractivity contribution in [3.05, 3.63) is 40.0 Å². The summed E-state index contributed by atoms with van der Waals surface area (Å²) in [5.74, 6) is 0.0774. The molecule has 8 heteroatoms. The van der Waals surface area contributed by atoms with Crippen molar-refractivity contribution < 1.29 is 17.9 Å². The Morgan fingerprint density at radius 1 is 1.19 bits per heavy atom. The number of ether oxygens (including phenoxy) is 1. The van der Waals surface area contributed by atoms with Crippen LogP contribution < -0.4 is 10.1 Å². The van der Waals surface area contributed by atoms with Gasteiger partial charge in [0.1, 0.15) is 5.75 Å². The second kappa shape index (κ2) is 5.88. The van der Waals surface area contributed by atoms with Gasteiger partial charge in [-0.05, 0) is 24.6 Å². The third-order valence-corrected chi connectivity index (χ3v) is 3.07. The summed E-state index contributed by atoms with van der Waals surface area (Å²) < 4.78 is 44.6. The smallest absolute Gasteiger partial charge is 0.433 e. The number of aryl methyl sites for hydroxylation is 1. The van der Waals surface area contributed by atoms with Gasteiger partial charge in [-0.15, -0.1) is 0 Å². The summed E-state index contributed by atoms with van der Waals surface area (Å²) in [7, 11) is 1.43. The molecule has 4 nitrogen and oxygen atoms in total. The Hall–Kier alpha value is -1.83. The molecule has 0 aliphatic carbocycles.